The highest BCUT2D eigenvalue weighted by molar-refractivity contribution is 6.31. The van der Waals surface area contributed by atoms with Crippen molar-refractivity contribution in [1.82, 2.24) is 5.32 Å². The molecule has 2 rings (SSSR count). The third kappa shape index (κ3) is 1.80. The second kappa shape index (κ2) is 3.55. The molecule has 15 heavy (non-hydrogen) atoms. The van der Waals surface area contributed by atoms with Crippen molar-refractivity contribution in [2.24, 2.45) is 0 Å². The van der Waals surface area contributed by atoms with Crippen molar-refractivity contribution < 1.29 is 9.59 Å². The summed E-state index contributed by atoms with van der Waals surface area (Å²) in [5.41, 5.74) is 0.881. The summed E-state index contributed by atoms with van der Waals surface area (Å²) in [4.78, 5) is 23.1. The van der Waals surface area contributed by atoms with Gasteiger partial charge < -0.3 is 10.6 Å². The molecule has 1 aliphatic heterocycles. The number of anilines is 1. The predicted molar refractivity (Wildman–Crippen MR) is 57.0 cm³/mol. The van der Waals surface area contributed by atoms with Crippen molar-refractivity contribution in [2.75, 3.05) is 5.32 Å². The van der Waals surface area contributed by atoms with Gasteiger partial charge in [-0.3, -0.25) is 9.59 Å². The van der Waals surface area contributed by atoms with Crippen molar-refractivity contribution in [1.29, 1.82) is 0 Å². The third-order valence-electron chi connectivity index (χ3n) is 2.22. The first kappa shape index (κ1) is 9.98. The van der Waals surface area contributed by atoms with Gasteiger partial charge in [-0.15, -0.1) is 0 Å². The summed E-state index contributed by atoms with van der Waals surface area (Å²) >= 11 is 5.78. The van der Waals surface area contributed by atoms with Crippen LogP contribution < -0.4 is 10.6 Å². The lowest BCUT2D eigenvalue weighted by Crippen LogP contribution is -2.38. The molecule has 0 fully saturated rings. The summed E-state index contributed by atoms with van der Waals surface area (Å²) in [5.74, 6) is -0.525. The largest absolute Gasteiger partial charge is 0.340 e. The molecular weight excluding hydrogens is 216 g/mol. The average molecular weight is 225 g/mol. The van der Waals surface area contributed by atoms with E-state index in [0.717, 1.165) is 0 Å². The Labute approximate surface area is 91.6 Å². The quantitative estimate of drug-likeness (QED) is 0.700. The van der Waals surface area contributed by atoms with Gasteiger partial charge in [-0.25, -0.2) is 0 Å². The molecule has 1 aromatic carbocycles. The minimum Gasteiger partial charge on any atom is -0.340 e. The molecule has 0 radical (unpaired) electrons. The van der Waals surface area contributed by atoms with E-state index in [1.165, 1.54) is 6.07 Å². The van der Waals surface area contributed by atoms with Gasteiger partial charge in [-0.05, 0) is 25.1 Å². The molecule has 0 unspecified atom stereocenters. The fourth-order valence-corrected chi connectivity index (χ4v) is 1.57. The molecule has 0 aromatic heterocycles. The number of halogens is 1. The number of carbonyl (C=O) groups excluding carboxylic acids is 2. The Balaban J connectivity index is 2.51. The minimum absolute atomic E-state index is 0.232. The highest BCUT2D eigenvalue weighted by Crippen LogP contribution is 2.22. The second-order valence-electron chi connectivity index (χ2n) is 3.37. The van der Waals surface area contributed by atoms with Crippen LogP contribution in [-0.4, -0.2) is 17.9 Å². The molecule has 1 heterocycles. The zero-order valence-electron chi connectivity index (χ0n) is 8.00. The van der Waals surface area contributed by atoms with E-state index >= 15 is 0 Å². The molecule has 5 heteroatoms. The molecule has 0 saturated heterocycles. The number of carbonyl (C=O) groups is 2. The number of rotatable bonds is 0. The van der Waals surface area contributed by atoms with Crippen LogP contribution in [0, 0.1) is 0 Å². The first-order valence-corrected chi connectivity index (χ1v) is 4.87. The number of hydrogen-bond donors (Lipinski definition) is 2. The zero-order valence-corrected chi connectivity index (χ0v) is 8.76. The van der Waals surface area contributed by atoms with Gasteiger partial charge in [0.05, 0.1) is 11.3 Å². The van der Waals surface area contributed by atoms with Gasteiger partial charge in [-0.2, -0.15) is 0 Å². The lowest BCUT2D eigenvalue weighted by molar-refractivity contribution is -0.117. The van der Waals surface area contributed by atoms with Crippen LogP contribution in [0.2, 0.25) is 5.02 Å². The van der Waals surface area contributed by atoms with Crippen molar-refractivity contribution >= 4 is 29.1 Å². The van der Waals surface area contributed by atoms with Crippen LogP contribution in [0.5, 0.6) is 0 Å². The van der Waals surface area contributed by atoms with E-state index in [2.05, 4.69) is 10.6 Å². The molecule has 4 nitrogen and oxygen atoms in total. The normalized spacial score (nSPS) is 20.0. The van der Waals surface area contributed by atoms with E-state index in [1.807, 2.05) is 0 Å². The van der Waals surface area contributed by atoms with Gasteiger partial charge in [0, 0.05) is 5.02 Å². The van der Waals surface area contributed by atoms with Crippen LogP contribution in [-0.2, 0) is 4.79 Å². The number of hydrogen-bond acceptors (Lipinski definition) is 2. The standard InChI is InChI=1S/C10H9ClN2O2/c1-5-9(14)13-8-3-2-6(11)4-7(8)10(15)12-5/h2-5H,1H3,(H,12,15)(H,13,14)/t5-/m0/s1. The molecule has 0 aliphatic carbocycles. The number of nitrogens with one attached hydrogen (secondary N) is 2. The first-order valence-electron chi connectivity index (χ1n) is 4.49. The summed E-state index contributed by atoms with van der Waals surface area (Å²) in [6, 6.07) is 4.24. The Morgan fingerprint density at radius 3 is 2.80 bits per heavy atom. The maximum absolute atomic E-state index is 11.7. The molecule has 0 spiro atoms. The lowest BCUT2D eigenvalue weighted by Gasteiger charge is -2.06. The molecule has 78 valence electrons. The smallest absolute Gasteiger partial charge is 0.254 e. The molecule has 1 aromatic rings. The minimum atomic E-state index is -0.538. The molecular formula is C10H9ClN2O2. The van der Waals surface area contributed by atoms with Crippen LogP contribution in [0.4, 0.5) is 5.69 Å². The predicted octanol–water partition coefficient (Wildman–Crippen LogP) is 1.41. The summed E-state index contributed by atoms with van der Waals surface area (Å²) in [7, 11) is 0. The van der Waals surface area contributed by atoms with Crippen LogP contribution in [0.1, 0.15) is 17.3 Å². The molecule has 2 N–H and O–H groups in total. The van der Waals surface area contributed by atoms with Gasteiger partial charge in [0.1, 0.15) is 6.04 Å². The Morgan fingerprint density at radius 1 is 1.33 bits per heavy atom. The average Bonchev–Trinajstić information content (AvgIpc) is 2.28. The highest BCUT2D eigenvalue weighted by atomic mass is 35.5. The number of fused-ring (bicyclic) bond motifs is 1. The molecule has 1 atom stereocenters. The van der Waals surface area contributed by atoms with E-state index in [9.17, 15) is 9.59 Å². The summed E-state index contributed by atoms with van der Waals surface area (Å²) in [5, 5.41) is 5.68. The van der Waals surface area contributed by atoms with Gasteiger partial charge in [0.25, 0.3) is 5.91 Å². The van der Waals surface area contributed by atoms with E-state index < -0.39 is 6.04 Å². The topological polar surface area (TPSA) is 58.2 Å². The fourth-order valence-electron chi connectivity index (χ4n) is 1.39. The Bertz CT molecular complexity index is 445. The summed E-state index contributed by atoms with van der Waals surface area (Å²) in [6.45, 7) is 1.63. The van der Waals surface area contributed by atoms with E-state index in [1.54, 1.807) is 19.1 Å². The van der Waals surface area contributed by atoms with Gasteiger partial charge in [-0.1, -0.05) is 11.6 Å². The van der Waals surface area contributed by atoms with Gasteiger partial charge in [0.2, 0.25) is 5.91 Å². The SMILES string of the molecule is C[C@@H]1NC(=O)c2cc(Cl)ccc2NC1=O. The lowest BCUT2D eigenvalue weighted by atomic mass is 10.1. The van der Waals surface area contributed by atoms with Gasteiger partial charge in [0.15, 0.2) is 0 Å². The zero-order chi connectivity index (χ0) is 11.0. The highest BCUT2D eigenvalue weighted by Gasteiger charge is 2.24. The molecule has 2 amide bonds. The van der Waals surface area contributed by atoms with E-state index in [0.29, 0.717) is 16.3 Å². The molecule has 0 saturated carbocycles. The molecule has 1 aliphatic rings. The monoisotopic (exact) mass is 224 g/mol. The van der Waals surface area contributed by atoms with Crippen LogP contribution in [0.3, 0.4) is 0 Å². The Hall–Kier alpha value is -1.55. The van der Waals surface area contributed by atoms with Crippen molar-refractivity contribution in [3.63, 3.8) is 0 Å². The number of amides is 2. The van der Waals surface area contributed by atoms with Crippen molar-refractivity contribution in [2.45, 2.75) is 13.0 Å². The first-order chi connectivity index (χ1) is 7.08. The third-order valence-corrected chi connectivity index (χ3v) is 2.46. The van der Waals surface area contributed by atoms with Crippen LogP contribution in [0.15, 0.2) is 18.2 Å². The maximum Gasteiger partial charge on any atom is 0.254 e. The Kier molecular flexibility index (Phi) is 2.36. The van der Waals surface area contributed by atoms with Crippen molar-refractivity contribution in [3.05, 3.63) is 28.8 Å². The van der Waals surface area contributed by atoms with E-state index in [4.69, 9.17) is 11.6 Å². The van der Waals surface area contributed by atoms with Gasteiger partial charge >= 0.3 is 0 Å². The molecule has 0 bridgehead atoms. The van der Waals surface area contributed by atoms with Crippen molar-refractivity contribution in [3.8, 4) is 0 Å². The van der Waals surface area contributed by atoms with Crippen LogP contribution in [0.25, 0.3) is 0 Å². The fraction of sp³-hybridized carbons (Fsp3) is 0.200. The van der Waals surface area contributed by atoms with E-state index in [-0.39, 0.29) is 11.8 Å². The van der Waals surface area contributed by atoms with Crippen LogP contribution >= 0.6 is 11.6 Å². The second-order valence-corrected chi connectivity index (χ2v) is 3.81. The Morgan fingerprint density at radius 2 is 2.07 bits per heavy atom. The summed E-state index contributed by atoms with van der Waals surface area (Å²) < 4.78 is 0. The number of benzene rings is 1. The maximum atomic E-state index is 11.7. The summed E-state index contributed by atoms with van der Waals surface area (Å²) in [6.07, 6.45) is 0.